The van der Waals surface area contributed by atoms with Gasteiger partial charge in [0.15, 0.2) is 0 Å². The standard InChI is InChI=1S/C9H16O5/c1-5-3-13-9(12,7(5)10)8(11)6(2)4-14-8/h5-7,10-12H,3-4H2,1-2H3. The Morgan fingerprint density at radius 3 is 1.93 bits per heavy atom. The van der Waals surface area contributed by atoms with E-state index in [1.54, 1.807) is 13.8 Å². The van der Waals surface area contributed by atoms with Crippen LogP contribution in [0, 0.1) is 11.8 Å². The van der Waals surface area contributed by atoms with Crippen LogP contribution >= 0.6 is 0 Å². The first-order valence-corrected chi connectivity index (χ1v) is 4.82. The van der Waals surface area contributed by atoms with Crippen molar-refractivity contribution in [3.8, 4) is 0 Å². The molecule has 0 aromatic heterocycles. The first kappa shape index (κ1) is 10.3. The Bertz CT molecular complexity index is 245. The van der Waals surface area contributed by atoms with Gasteiger partial charge in [-0.2, -0.15) is 0 Å². The number of hydrogen-bond acceptors (Lipinski definition) is 5. The normalized spacial score (nSPS) is 58.5. The Morgan fingerprint density at radius 1 is 1.07 bits per heavy atom. The molecular weight excluding hydrogens is 188 g/mol. The van der Waals surface area contributed by atoms with Gasteiger partial charge in [0.25, 0.3) is 0 Å². The first-order valence-electron chi connectivity index (χ1n) is 4.82. The molecule has 0 spiro atoms. The van der Waals surface area contributed by atoms with Crippen molar-refractivity contribution in [1.29, 1.82) is 0 Å². The van der Waals surface area contributed by atoms with Crippen molar-refractivity contribution >= 4 is 0 Å². The molecule has 0 amide bonds. The molecule has 0 aromatic rings. The third-order valence-corrected chi connectivity index (χ3v) is 3.24. The predicted molar refractivity (Wildman–Crippen MR) is 46.1 cm³/mol. The third kappa shape index (κ3) is 1.02. The molecule has 2 aliphatic rings. The molecule has 0 aromatic carbocycles. The molecule has 2 saturated heterocycles. The van der Waals surface area contributed by atoms with Crippen molar-refractivity contribution < 1.29 is 24.8 Å². The van der Waals surface area contributed by atoms with Crippen molar-refractivity contribution in [1.82, 2.24) is 0 Å². The Hall–Kier alpha value is -0.200. The van der Waals surface area contributed by atoms with E-state index in [9.17, 15) is 15.3 Å². The highest BCUT2D eigenvalue weighted by atomic mass is 16.7. The lowest BCUT2D eigenvalue weighted by Gasteiger charge is -2.51. The summed E-state index contributed by atoms with van der Waals surface area (Å²) in [5, 5.41) is 29.7. The summed E-state index contributed by atoms with van der Waals surface area (Å²) in [6, 6.07) is 0. The van der Waals surface area contributed by atoms with Crippen LogP contribution in [0.4, 0.5) is 0 Å². The van der Waals surface area contributed by atoms with Crippen LogP contribution in [0.1, 0.15) is 13.8 Å². The largest absolute Gasteiger partial charge is 0.387 e. The molecule has 5 nitrogen and oxygen atoms in total. The summed E-state index contributed by atoms with van der Waals surface area (Å²) >= 11 is 0. The number of rotatable bonds is 1. The fourth-order valence-corrected chi connectivity index (χ4v) is 2.00. The van der Waals surface area contributed by atoms with Crippen LogP contribution < -0.4 is 0 Å². The Kier molecular flexibility index (Phi) is 2.14. The molecule has 5 unspecified atom stereocenters. The van der Waals surface area contributed by atoms with Crippen LogP contribution in [-0.4, -0.2) is 46.2 Å². The van der Waals surface area contributed by atoms with Crippen LogP contribution in [0.25, 0.3) is 0 Å². The van der Waals surface area contributed by atoms with Gasteiger partial charge in [-0.25, -0.2) is 0 Å². The maximum absolute atomic E-state index is 10.0. The minimum atomic E-state index is -1.98. The summed E-state index contributed by atoms with van der Waals surface area (Å²) in [7, 11) is 0. The van der Waals surface area contributed by atoms with Crippen LogP contribution in [-0.2, 0) is 9.47 Å². The molecule has 3 N–H and O–H groups in total. The summed E-state index contributed by atoms with van der Waals surface area (Å²) in [5.74, 6) is -4.20. The van der Waals surface area contributed by atoms with Gasteiger partial charge in [-0.3, -0.25) is 0 Å². The lowest BCUT2D eigenvalue weighted by molar-refractivity contribution is -0.454. The van der Waals surface area contributed by atoms with E-state index >= 15 is 0 Å². The molecule has 2 rings (SSSR count). The number of ether oxygens (including phenoxy) is 2. The maximum Gasteiger partial charge on any atom is 0.248 e. The molecule has 2 fully saturated rings. The molecule has 2 aliphatic heterocycles. The van der Waals surface area contributed by atoms with Crippen molar-refractivity contribution in [3.05, 3.63) is 0 Å². The second-order valence-electron chi connectivity index (χ2n) is 4.34. The van der Waals surface area contributed by atoms with Gasteiger partial charge in [0.1, 0.15) is 6.10 Å². The lowest BCUT2D eigenvalue weighted by Crippen LogP contribution is -2.71. The van der Waals surface area contributed by atoms with E-state index in [1.807, 2.05) is 0 Å². The van der Waals surface area contributed by atoms with E-state index in [0.717, 1.165) is 0 Å². The van der Waals surface area contributed by atoms with Gasteiger partial charge in [-0.05, 0) is 0 Å². The zero-order valence-corrected chi connectivity index (χ0v) is 8.30. The molecule has 14 heavy (non-hydrogen) atoms. The summed E-state index contributed by atoms with van der Waals surface area (Å²) < 4.78 is 10.0. The van der Waals surface area contributed by atoms with Gasteiger partial charge < -0.3 is 24.8 Å². The fourth-order valence-electron chi connectivity index (χ4n) is 2.00. The van der Waals surface area contributed by atoms with Gasteiger partial charge in [0.05, 0.1) is 13.2 Å². The SMILES string of the molecule is CC1COC(O)(C2(O)OCC2C)C1O. The first-order chi connectivity index (χ1) is 6.42. The zero-order chi connectivity index (χ0) is 10.6. The molecular formula is C9H16O5. The van der Waals surface area contributed by atoms with Crippen LogP contribution in [0.2, 0.25) is 0 Å². The molecule has 5 heteroatoms. The summed E-state index contributed by atoms with van der Waals surface area (Å²) in [4.78, 5) is 0. The second-order valence-corrected chi connectivity index (χ2v) is 4.34. The molecule has 0 saturated carbocycles. The quantitative estimate of drug-likeness (QED) is 0.513. The maximum atomic E-state index is 10.0. The van der Waals surface area contributed by atoms with Crippen molar-refractivity contribution in [2.45, 2.75) is 31.5 Å². The van der Waals surface area contributed by atoms with Gasteiger partial charge in [0, 0.05) is 11.8 Å². The second kappa shape index (κ2) is 2.90. The highest BCUT2D eigenvalue weighted by Crippen LogP contribution is 2.46. The van der Waals surface area contributed by atoms with Gasteiger partial charge in [-0.1, -0.05) is 13.8 Å². The van der Waals surface area contributed by atoms with E-state index in [-0.39, 0.29) is 18.4 Å². The molecule has 82 valence electrons. The number of aliphatic hydroxyl groups is 3. The van der Waals surface area contributed by atoms with E-state index in [1.165, 1.54) is 0 Å². The van der Waals surface area contributed by atoms with E-state index in [0.29, 0.717) is 6.61 Å². The lowest BCUT2D eigenvalue weighted by atomic mass is 9.83. The Morgan fingerprint density at radius 2 is 1.64 bits per heavy atom. The van der Waals surface area contributed by atoms with E-state index in [2.05, 4.69) is 0 Å². The molecule has 0 radical (unpaired) electrons. The molecule has 5 atom stereocenters. The minimum absolute atomic E-state index is 0.208. The van der Waals surface area contributed by atoms with Crippen molar-refractivity contribution in [2.24, 2.45) is 11.8 Å². The number of hydrogen-bond donors (Lipinski definition) is 3. The average molecular weight is 204 g/mol. The number of aliphatic hydroxyl groups excluding tert-OH is 1. The molecule has 0 bridgehead atoms. The average Bonchev–Trinajstić information content (AvgIpc) is 2.44. The van der Waals surface area contributed by atoms with Crippen LogP contribution in [0.5, 0.6) is 0 Å². The highest BCUT2D eigenvalue weighted by molar-refractivity contribution is 5.03. The van der Waals surface area contributed by atoms with Gasteiger partial charge >= 0.3 is 0 Å². The van der Waals surface area contributed by atoms with Crippen molar-refractivity contribution in [2.75, 3.05) is 13.2 Å². The summed E-state index contributed by atoms with van der Waals surface area (Å²) in [6.07, 6.45) is -1.12. The zero-order valence-electron chi connectivity index (χ0n) is 8.30. The van der Waals surface area contributed by atoms with Gasteiger partial charge in [0.2, 0.25) is 11.6 Å². The summed E-state index contributed by atoms with van der Waals surface area (Å²) in [5.41, 5.74) is 0. The predicted octanol–water partition coefficient (Wildman–Crippen LogP) is -0.943. The van der Waals surface area contributed by atoms with Crippen LogP contribution in [0.3, 0.4) is 0 Å². The Labute approximate surface area is 82.3 Å². The summed E-state index contributed by atoms with van der Waals surface area (Å²) in [6.45, 7) is 4.06. The highest BCUT2D eigenvalue weighted by Gasteiger charge is 2.67. The fraction of sp³-hybridized carbons (Fsp3) is 1.00. The minimum Gasteiger partial charge on any atom is -0.387 e. The topological polar surface area (TPSA) is 79.2 Å². The van der Waals surface area contributed by atoms with E-state index < -0.39 is 17.7 Å². The molecule has 2 heterocycles. The van der Waals surface area contributed by atoms with Crippen molar-refractivity contribution in [3.63, 3.8) is 0 Å². The monoisotopic (exact) mass is 204 g/mol. The molecule has 0 aliphatic carbocycles. The Balaban J connectivity index is 2.24. The van der Waals surface area contributed by atoms with Crippen LogP contribution in [0.15, 0.2) is 0 Å². The smallest absolute Gasteiger partial charge is 0.248 e. The third-order valence-electron chi connectivity index (χ3n) is 3.24. The van der Waals surface area contributed by atoms with Gasteiger partial charge in [-0.15, -0.1) is 0 Å². The van der Waals surface area contributed by atoms with E-state index in [4.69, 9.17) is 9.47 Å².